The molecule has 1 aromatic rings. The van der Waals surface area contributed by atoms with Crippen molar-refractivity contribution in [2.75, 3.05) is 6.26 Å². The molecule has 0 radical (unpaired) electrons. The van der Waals surface area contributed by atoms with E-state index in [1.807, 2.05) is 0 Å². The van der Waals surface area contributed by atoms with E-state index < -0.39 is 30.6 Å². The van der Waals surface area contributed by atoms with E-state index in [0.717, 1.165) is 24.5 Å². The quantitative estimate of drug-likeness (QED) is 0.808. The van der Waals surface area contributed by atoms with Gasteiger partial charge < -0.3 is 0 Å². The Balaban J connectivity index is 3.31. The monoisotopic (exact) mass is 323 g/mol. The number of rotatable bonds is 6. The van der Waals surface area contributed by atoms with E-state index in [1.165, 1.54) is 0 Å². The molecule has 0 bridgehead atoms. The van der Waals surface area contributed by atoms with Gasteiger partial charge in [0, 0.05) is 12.3 Å². The van der Waals surface area contributed by atoms with Crippen LogP contribution in [0.1, 0.15) is 26.7 Å². The molecule has 0 unspecified atom stereocenters. The van der Waals surface area contributed by atoms with Crippen LogP contribution in [0.25, 0.3) is 0 Å². The SMILES string of the molecule is CCC(CC)NS(=O)(=O)c1cc(S(C)(=O)=O)ccc1F. The van der Waals surface area contributed by atoms with Gasteiger partial charge in [-0.15, -0.1) is 0 Å². The fraction of sp³-hybridized carbons (Fsp3) is 0.500. The molecule has 1 rings (SSSR count). The third kappa shape index (κ3) is 4.00. The Morgan fingerprint density at radius 2 is 1.70 bits per heavy atom. The van der Waals surface area contributed by atoms with Crippen LogP contribution < -0.4 is 4.72 Å². The van der Waals surface area contributed by atoms with Crippen LogP contribution in [0.3, 0.4) is 0 Å². The minimum atomic E-state index is -4.09. The molecular formula is C12H18FNO4S2. The molecule has 114 valence electrons. The molecule has 0 saturated heterocycles. The van der Waals surface area contributed by atoms with Crippen LogP contribution in [0, 0.1) is 5.82 Å². The molecule has 20 heavy (non-hydrogen) atoms. The molecule has 0 aliphatic heterocycles. The van der Waals surface area contributed by atoms with Gasteiger partial charge in [-0.05, 0) is 31.0 Å². The van der Waals surface area contributed by atoms with Gasteiger partial charge in [-0.1, -0.05) is 13.8 Å². The van der Waals surface area contributed by atoms with Crippen molar-refractivity contribution in [3.05, 3.63) is 24.0 Å². The van der Waals surface area contributed by atoms with E-state index in [4.69, 9.17) is 0 Å². The van der Waals surface area contributed by atoms with E-state index in [0.29, 0.717) is 12.8 Å². The lowest BCUT2D eigenvalue weighted by atomic mass is 10.2. The van der Waals surface area contributed by atoms with Gasteiger partial charge in [0.05, 0.1) is 4.90 Å². The van der Waals surface area contributed by atoms with Crippen LogP contribution in [0.4, 0.5) is 4.39 Å². The fourth-order valence-corrected chi connectivity index (χ4v) is 3.89. The lowest BCUT2D eigenvalue weighted by Crippen LogP contribution is -2.34. The smallest absolute Gasteiger partial charge is 0.224 e. The maximum atomic E-state index is 13.7. The Morgan fingerprint density at radius 1 is 1.15 bits per heavy atom. The molecule has 0 aromatic heterocycles. The summed E-state index contributed by atoms with van der Waals surface area (Å²) in [6.45, 7) is 3.61. The molecule has 0 fully saturated rings. The van der Waals surface area contributed by atoms with Gasteiger partial charge >= 0.3 is 0 Å². The van der Waals surface area contributed by atoms with Crippen molar-refractivity contribution in [3.63, 3.8) is 0 Å². The number of hydrogen-bond donors (Lipinski definition) is 1. The Kier molecular flexibility index (Phi) is 5.28. The van der Waals surface area contributed by atoms with E-state index >= 15 is 0 Å². The molecule has 0 aliphatic rings. The number of sulfonamides is 1. The summed E-state index contributed by atoms with van der Waals surface area (Å²) < 4.78 is 63.1. The van der Waals surface area contributed by atoms with Crippen molar-refractivity contribution in [1.29, 1.82) is 0 Å². The minimum Gasteiger partial charge on any atom is -0.224 e. The third-order valence-electron chi connectivity index (χ3n) is 2.93. The van der Waals surface area contributed by atoms with Crippen molar-refractivity contribution in [2.45, 2.75) is 42.5 Å². The summed E-state index contributed by atoms with van der Waals surface area (Å²) in [5.41, 5.74) is 0. The third-order valence-corrected chi connectivity index (χ3v) is 5.57. The summed E-state index contributed by atoms with van der Waals surface area (Å²) >= 11 is 0. The van der Waals surface area contributed by atoms with E-state index in [2.05, 4.69) is 4.72 Å². The zero-order valence-corrected chi connectivity index (χ0v) is 13.2. The maximum Gasteiger partial charge on any atom is 0.243 e. The maximum absolute atomic E-state index is 13.7. The Morgan fingerprint density at radius 3 is 2.15 bits per heavy atom. The average molecular weight is 323 g/mol. The van der Waals surface area contributed by atoms with Crippen LogP contribution in [0.2, 0.25) is 0 Å². The highest BCUT2D eigenvalue weighted by Crippen LogP contribution is 2.20. The van der Waals surface area contributed by atoms with Gasteiger partial charge in [-0.3, -0.25) is 0 Å². The van der Waals surface area contributed by atoms with Crippen molar-refractivity contribution in [2.24, 2.45) is 0 Å². The molecule has 0 amide bonds. The normalized spacial score (nSPS) is 12.8. The molecular weight excluding hydrogens is 305 g/mol. The molecule has 1 N–H and O–H groups in total. The molecule has 5 nitrogen and oxygen atoms in total. The largest absolute Gasteiger partial charge is 0.243 e. The van der Waals surface area contributed by atoms with Crippen molar-refractivity contribution < 1.29 is 21.2 Å². The first-order chi connectivity index (χ1) is 9.11. The summed E-state index contributed by atoms with van der Waals surface area (Å²) in [5.74, 6) is -0.976. The van der Waals surface area contributed by atoms with E-state index in [1.54, 1.807) is 13.8 Å². The van der Waals surface area contributed by atoms with Crippen molar-refractivity contribution >= 4 is 19.9 Å². The lowest BCUT2D eigenvalue weighted by Gasteiger charge is -2.15. The topological polar surface area (TPSA) is 80.3 Å². The highest BCUT2D eigenvalue weighted by Gasteiger charge is 2.23. The van der Waals surface area contributed by atoms with Crippen LogP contribution in [0.15, 0.2) is 28.0 Å². The second kappa shape index (κ2) is 6.19. The summed E-state index contributed by atoms with van der Waals surface area (Å²) in [6.07, 6.45) is 2.05. The van der Waals surface area contributed by atoms with Gasteiger partial charge in [-0.2, -0.15) is 0 Å². The van der Waals surface area contributed by atoms with Crippen LogP contribution >= 0.6 is 0 Å². The molecule has 0 atom stereocenters. The van der Waals surface area contributed by atoms with Gasteiger partial charge in [0.2, 0.25) is 10.0 Å². The zero-order chi connectivity index (χ0) is 15.6. The molecule has 0 aliphatic carbocycles. The summed E-state index contributed by atoms with van der Waals surface area (Å²) in [6, 6.07) is 2.41. The first kappa shape index (κ1) is 17.1. The van der Waals surface area contributed by atoms with Crippen LogP contribution in [0.5, 0.6) is 0 Å². The molecule has 0 spiro atoms. The minimum absolute atomic E-state index is 0.233. The Hall–Kier alpha value is -0.990. The Bertz CT molecular complexity index is 679. The highest BCUT2D eigenvalue weighted by atomic mass is 32.2. The van der Waals surface area contributed by atoms with Gasteiger partial charge in [0.1, 0.15) is 10.7 Å². The number of nitrogens with one attached hydrogen (secondary N) is 1. The second-order valence-corrected chi connectivity index (χ2v) is 8.20. The summed E-state index contributed by atoms with van der Waals surface area (Å²) in [4.78, 5) is -0.879. The zero-order valence-electron chi connectivity index (χ0n) is 11.6. The van der Waals surface area contributed by atoms with E-state index in [-0.39, 0.29) is 10.9 Å². The van der Waals surface area contributed by atoms with E-state index in [9.17, 15) is 21.2 Å². The average Bonchev–Trinajstić information content (AvgIpc) is 2.34. The van der Waals surface area contributed by atoms with Gasteiger partial charge in [0.25, 0.3) is 0 Å². The molecule has 0 saturated carbocycles. The fourth-order valence-electron chi connectivity index (χ4n) is 1.66. The van der Waals surface area contributed by atoms with Gasteiger partial charge in [-0.25, -0.2) is 25.9 Å². The molecule has 1 aromatic carbocycles. The molecule has 8 heteroatoms. The predicted molar refractivity (Wildman–Crippen MR) is 74.2 cm³/mol. The highest BCUT2D eigenvalue weighted by molar-refractivity contribution is 7.91. The van der Waals surface area contributed by atoms with Gasteiger partial charge in [0.15, 0.2) is 9.84 Å². The van der Waals surface area contributed by atoms with Crippen molar-refractivity contribution in [1.82, 2.24) is 4.72 Å². The number of hydrogen-bond acceptors (Lipinski definition) is 4. The van der Waals surface area contributed by atoms with Crippen LogP contribution in [-0.2, 0) is 19.9 Å². The number of benzene rings is 1. The first-order valence-electron chi connectivity index (χ1n) is 6.13. The van der Waals surface area contributed by atoms with Crippen LogP contribution in [-0.4, -0.2) is 29.1 Å². The predicted octanol–water partition coefficient (Wildman–Crippen LogP) is 1.70. The standard InChI is InChI=1S/C12H18FNO4S2/c1-4-9(5-2)14-20(17,18)12-8-10(19(3,15)16)6-7-11(12)13/h6-9,14H,4-5H2,1-3H3. The summed E-state index contributed by atoms with van der Waals surface area (Å²) in [7, 11) is -7.69. The second-order valence-electron chi connectivity index (χ2n) is 4.50. The number of sulfone groups is 1. The lowest BCUT2D eigenvalue weighted by molar-refractivity contribution is 0.519. The summed E-state index contributed by atoms with van der Waals surface area (Å²) in [5, 5.41) is 0. The molecule has 0 heterocycles. The number of halogens is 1. The Labute approximate surface area is 119 Å². The van der Waals surface area contributed by atoms with Crippen molar-refractivity contribution in [3.8, 4) is 0 Å². The first-order valence-corrected chi connectivity index (χ1v) is 9.51.